The number of aromatic nitrogens is 1. The quantitative estimate of drug-likeness (QED) is 0.340. The molecule has 4 aromatic rings. The average molecular weight is 412 g/mol. The maximum atomic E-state index is 12.8. The van der Waals surface area contributed by atoms with E-state index in [1.54, 1.807) is 0 Å². The van der Waals surface area contributed by atoms with Gasteiger partial charge < -0.3 is 14.0 Å². The molecule has 3 aromatic carbocycles. The molecule has 0 aliphatic carbocycles. The van der Waals surface area contributed by atoms with Crippen molar-refractivity contribution in [1.82, 2.24) is 4.57 Å². The molecule has 4 nitrogen and oxygen atoms in total. The minimum absolute atomic E-state index is 0.327. The van der Waals surface area contributed by atoms with Crippen LogP contribution >= 0.6 is 0 Å². The van der Waals surface area contributed by atoms with Gasteiger partial charge in [0.25, 0.3) is 0 Å². The molecular formula is C27H25NO3. The van der Waals surface area contributed by atoms with Gasteiger partial charge in [0.1, 0.15) is 12.4 Å². The summed E-state index contributed by atoms with van der Waals surface area (Å²) >= 11 is 0. The van der Waals surface area contributed by atoms with Gasteiger partial charge in [-0.3, -0.25) is 0 Å². The molecule has 1 aromatic heterocycles. The molecular weight excluding hydrogens is 386 g/mol. The van der Waals surface area contributed by atoms with Gasteiger partial charge in [0.15, 0.2) is 0 Å². The predicted octanol–water partition coefficient (Wildman–Crippen LogP) is 6.21. The van der Waals surface area contributed by atoms with E-state index >= 15 is 0 Å². The first-order valence-electron chi connectivity index (χ1n) is 10.4. The zero-order valence-electron chi connectivity index (χ0n) is 17.7. The smallest absolute Gasteiger partial charge is 0.340 e. The number of para-hydroxylation sites is 1. The van der Waals surface area contributed by atoms with Gasteiger partial charge in [0.05, 0.1) is 17.9 Å². The molecule has 4 rings (SSSR count). The Balaban J connectivity index is 1.76. The molecule has 156 valence electrons. The second-order valence-corrected chi connectivity index (χ2v) is 7.24. The second kappa shape index (κ2) is 9.35. The predicted molar refractivity (Wildman–Crippen MR) is 123 cm³/mol. The monoisotopic (exact) mass is 411 g/mol. The number of nitrogens with zero attached hydrogens (tertiary/aromatic N) is 1. The Morgan fingerprint density at radius 1 is 0.871 bits per heavy atom. The summed E-state index contributed by atoms with van der Waals surface area (Å²) in [6.07, 6.45) is 0. The number of esters is 1. The molecule has 0 amide bonds. The Hall–Kier alpha value is -3.79. The Kier molecular flexibility index (Phi) is 6.18. The maximum absolute atomic E-state index is 12.8. The Bertz CT molecular complexity index is 1160. The van der Waals surface area contributed by atoms with Crippen molar-refractivity contribution in [1.29, 1.82) is 0 Å². The lowest BCUT2D eigenvalue weighted by molar-refractivity contribution is 0.0527. The number of rotatable bonds is 7. The molecule has 0 bridgehead atoms. The van der Waals surface area contributed by atoms with Crippen LogP contribution in [0.5, 0.6) is 5.75 Å². The van der Waals surface area contributed by atoms with Crippen LogP contribution < -0.4 is 4.74 Å². The highest BCUT2D eigenvalue weighted by Crippen LogP contribution is 2.33. The third kappa shape index (κ3) is 4.53. The maximum Gasteiger partial charge on any atom is 0.340 e. The summed E-state index contributed by atoms with van der Waals surface area (Å²) in [5.74, 6) is 0.417. The van der Waals surface area contributed by atoms with Crippen LogP contribution in [0.25, 0.3) is 16.9 Å². The molecule has 0 unspecified atom stereocenters. The normalized spacial score (nSPS) is 10.6. The average Bonchev–Trinajstić information content (AvgIpc) is 3.16. The molecule has 0 aliphatic heterocycles. The molecule has 0 saturated carbocycles. The van der Waals surface area contributed by atoms with Gasteiger partial charge in [0, 0.05) is 16.9 Å². The Morgan fingerprint density at radius 2 is 1.58 bits per heavy atom. The fourth-order valence-corrected chi connectivity index (χ4v) is 3.67. The summed E-state index contributed by atoms with van der Waals surface area (Å²) in [7, 11) is 0. The van der Waals surface area contributed by atoms with E-state index < -0.39 is 0 Å². The van der Waals surface area contributed by atoms with Crippen LogP contribution in [0.15, 0.2) is 91.0 Å². The molecule has 31 heavy (non-hydrogen) atoms. The van der Waals surface area contributed by atoms with Crippen LogP contribution in [0.4, 0.5) is 0 Å². The number of aryl methyl sites for hydroxylation is 1. The lowest BCUT2D eigenvalue weighted by Gasteiger charge is -2.15. The summed E-state index contributed by atoms with van der Waals surface area (Å²) in [4.78, 5) is 12.8. The van der Waals surface area contributed by atoms with Crippen LogP contribution in [0.1, 0.15) is 28.5 Å². The molecule has 1 heterocycles. The van der Waals surface area contributed by atoms with E-state index in [0.29, 0.717) is 18.8 Å². The molecule has 0 radical (unpaired) electrons. The summed E-state index contributed by atoms with van der Waals surface area (Å²) < 4.78 is 13.5. The van der Waals surface area contributed by atoms with Crippen molar-refractivity contribution in [2.45, 2.75) is 20.5 Å². The molecule has 0 atom stereocenters. The van der Waals surface area contributed by atoms with Gasteiger partial charge >= 0.3 is 5.97 Å². The highest BCUT2D eigenvalue weighted by molar-refractivity contribution is 5.97. The molecule has 0 N–H and O–H groups in total. The van der Waals surface area contributed by atoms with Gasteiger partial charge in [-0.1, -0.05) is 60.7 Å². The zero-order valence-corrected chi connectivity index (χ0v) is 17.7. The highest BCUT2D eigenvalue weighted by atomic mass is 16.5. The second-order valence-electron chi connectivity index (χ2n) is 7.24. The lowest BCUT2D eigenvalue weighted by Crippen LogP contribution is -2.07. The van der Waals surface area contributed by atoms with Gasteiger partial charge in [-0.05, 0) is 49.7 Å². The van der Waals surface area contributed by atoms with Crippen molar-refractivity contribution >= 4 is 5.97 Å². The molecule has 0 saturated heterocycles. The van der Waals surface area contributed by atoms with E-state index in [-0.39, 0.29) is 5.97 Å². The van der Waals surface area contributed by atoms with Gasteiger partial charge in [-0.25, -0.2) is 4.79 Å². The van der Waals surface area contributed by atoms with E-state index in [1.807, 2.05) is 105 Å². The summed E-state index contributed by atoms with van der Waals surface area (Å²) in [6, 6.07) is 29.8. The molecule has 0 fully saturated rings. The number of hydrogen-bond donors (Lipinski definition) is 0. The first-order valence-corrected chi connectivity index (χ1v) is 10.4. The van der Waals surface area contributed by atoms with Crippen LogP contribution in [-0.2, 0) is 11.3 Å². The fraction of sp³-hybridized carbons (Fsp3) is 0.148. The first kappa shape index (κ1) is 20.5. The first-order chi connectivity index (χ1) is 15.2. The SMILES string of the molecule is CCOC(=O)c1cc(C)n(-c2ccccc2)c1-c1cccc(OCc2ccccc2)c1. The minimum atomic E-state index is -0.328. The van der Waals surface area contributed by atoms with Crippen LogP contribution in [0.2, 0.25) is 0 Å². The van der Waals surface area contributed by atoms with E-state index in [2.05, 4.69) is 4.57 Å². The van der Waals surface area contributed by atoms with Crippen LogP contribution in [-0.4, -0.2) is 17.1 Å². The van der Waals surface area contributed by atoms with E-state index in [0.717, 1.165) is 34.0 Å². The van der Waals surface area contributed by atoms with Crippen molar-refractivity contribution in [2.75, 3.05) is 6.61 Å². The number of ether oxygens (including phenoxy) is 2. The lowest BCUT2D eigenvalue weighted by atomic mass is 10.1. The number of benzene rings is 3. The Morgan fingerprint density at radius 3 is 2.29 bits per heavy atom. The van der Waals surface area contributed by atoms with E-state index in [1.165, 1.54) is 0 Å². The van der Waals surface area contributed by atoms with Crippen molar-refractivity contribution in [3.05, 3.63) is 108 Å². The van der Waals surface area contributed by atoms with Crippen molar-refractivity contribution in [3.8, 4) is 22.7 Å². The summed E-state index contributed by atoms with van der Waals surface area (Å²) in [6.45, 7) is 4.62. The van der Waals surface area contributed by atoms with E-state index in [9.17, 15) is 4.79 Å². The van der Waals surface area contributed by atoms with Gasteiger partial charge in [-0.15, -0.1) is 0 Å². The van der Waals surface area contributed by atoms with Gasteiger partial charge in [-0.2, -0.15) is 0 Å². The zero-order chi connectivity index (χ0) is 21.6. The third-order valence-corrected chi connectivity index (χ3v) is 5.05. The highest BCUT2D eigenvalue weighted by Gasteiger charge is 2.22. The third-order valence-electron chi connectivity index (χ3n) is 5.05. The topological polar surface area (TPSA) is 40.5 Å². The molecule has 4 heteroatoms. The molecule has 0 spiro atoms. The minimum Gasteiger partial charge on any atom is -0.489 e. The number of carbonyl (C=O) groups is 1. The van der Waals surface area contributed by atoms with Crippen LogP contribution in [0.3, 0.4) is 0 Å². The number of hydrogen-bond acceptors (Lipinski definition) is 3. The largest absolute Gasteiger partial charge is 0.489 e. The summed E-state index contributed by atoms with van der Waals surface area (Å²) in [5, 5.41) is 0. The Labute approximate surface area is 182 Å². The van der Waals surface area contributed by atoms with Gasteiger partial charge in [0.2, 0.25) is 0 Å². The fourth-order valence-electron chi connectivity index (χ4n) is 3.67. The standard InChI is InChI=1S/C27H25NO3/c1-3-30-27(29)25-17-20(2)28(23-14-8-5-9-15-23)26(25)22-13-10-16-24(18-22)31-19-21-11-6-4-7-12-21/h4-18H,3,19H2,1-2H3. The van der Waals surface area contributed by atoms with Crippen molar-refractivity contribution in [3.63, 3.8) is 0 Å². The van der Waals surface area contributed by atoms with E-state index in [4.69, 9.17) is 9.47 Å². The number of carbonyl (C=O) groups excluding carboxylic acids is 1. The van der Waals surface area contributed by atoms with Crippen molar-refractivity contribution in [2.24, 2.45) is 0 Å². The molecule has 0 aliphatic rings. The van der Waals surface area contributed by atoms with Crippen LogP contribution in [0, 0.1) is 6.92 Å². The summed E-state index contributed by atoms with van der Waals surface area (Å²) in [5.41, 5.74) is 5.28. The van der Waals surface area contributed by atoms with Crippen molar-refractivity contribution < 1.29 is 14.3 Å².